The maximum atomic E-state index is 12.5. The van der Waals surface area contributed by atoms with Crippen LogP contribution < -0.4 is 10.1 Å². The summed E-state index contributed by atoms with van der Waals surface area (Å²) in [6.07, 6.45) is 0.0270. The maximum Gasteiger partial charge on any atom is 0.387 e. The van der Waals surface area contributed by atoms with E-state index in [9.17, 15) is 13.6 Å². The van der Waals surface area contributed by atoms with Crippen LogP contribution >= 0.6 is 0 Å². The van der Waals surface area contributed by atoms with Crippen molar-refractivity contribution in [3.63, 3.8) is 0 Å². The molecule has 1 heterocycles. The van der Waals surface area contributed by atoms with E-state index in [1.54, 1.807) is 31.2 Å². The largest absolute Gasteiger partial charge is 0.434 e. The molecule has 7 heteroatoms. The Balaban J connectivity index is 1.71. The number of nitrogens with zero attached hydrogens (tertiary/aromatic N) is 1. The summed E-state index contributed by atoms with van der Waals surface area (Å²) in [4.78, 5) is 12.3. The number of hydrogen-bond donors (Lipinski definition) is 1. The van der Waals surface area contributed by atoms with Gasteiger partial charge in [-0.3, -0.25) is 4.79 Å². The SMILES string of the molecule is C[C@H](NC(=O)Cc1noc2ccccc12)c1ccccc1OC(F)F. The van der Waals surface area contributed by atoms with Gasteiger partial charge in [0.1, 0.15) is 11.4 Å². The molecule has 1 N–H and O–H groups in total. The fourth-order valence-corrected chi connectivity index (χ4v) is 2.63. The van der Waals surface area contributed by atoms with Crippen molar-refractivity contribution >= 4 is 16.9 Å². The smallest absolute Gasteiger partial charge is 0.387 e. The molecule has 3 aromatic rings. The zero-order chi connectivity index (χ0) is 17.8. The normalized spacial score (nSPS) is 12.3. The Bertz CT molecular complexity index is 879. The molecule has 25 heavy (non-hydrogen) atoms. The number of carbonyl (C=O) groups excluding carboxylic acids is 1. The van der Waals surface area contributed by atoms with Gasteiger partial charge < -0.3 is 14.6 Å². The summed E-state index contributed by atoms with van der Waals surface area (Å²) in [7, 11) is 0. The topological polar surface area (TPSA) is 64.4 Å². The average molecular weight is 346 g/mol. The van der Waals surface area contributed by atoms with Crippen LogP contribution in [0.1, 0.15) is 24.2 Å². The van der Waals surface area contributed by atoms with Gasteiger partial charge in [0.15, 0.2) is 5.58 Å². The molecule has 2 aromatic carbocycles. The number of fused-ring (bicyclic) bond motifs is 1. The number of carbonyl (C=O) groups is 1. The van der Waals surface area contributed by atoms with Crippen molar-refractivity contribution in [1.29, 1.82) is 0 Å². The van der Waals surface area contributed by atoms with Gasteiger partial charge in [0.05, 0.1) is 12.5 Å². The van der Waals surface area contributed by atoms with Crippen molar-refractivity contribution in [3.8, 4) is 5.75 Å². The number of alkyl halides is 2. The van der Waals surface area contributed by atoms with Gasteiger partial charge in [0.2, 0.25) is 5.91 Å². The predicted molar refractivity (Wildman–Crippen MR) is 87.3 cm³/mol. The molecule has 0 radical (unpaired) electrons. The number of benzene rings is 2. The Hall–Kier alpha value is -2.96. The number of nitrogens with one attached hydrogen (secondary N) is 1. The van der Waals surface area contributed by atoms with Crippen LogP contribution in [0.5, 0.6) is 5.75 Å². The molecule has 0 fully saturated rings. The Morgan fingerprint density at radius 3 is 2.72 bits per heavy atom. The molecule has 0 aliphatic carbocycles. The van der Waals surface area contributed by atoms with Gasteiger partial charge in [-0.2, -0.15) is 8.78 Å². The zero-order valence-electron chi connectivity index (χ0n) is 13.4. The van der Waals surface area contributed by atoms with E-state index in [0.717, 1.165) is 5.39 Å². The van der Waals surface area contributed by atoms with E-state index in [4.69, 9.17) is 4.52 Å². The van der Waals surface area contributed by atoms with Crippen molar-refractivity contribution in [2.75, 3.05) is 0 Å². The van der Waals surface area contributed by atoms with E-state index in [1.807, 2.05) is 18.2 Å². The van der Waals surface area contributed by atoms with Crippen molar-refractivity contribution in [1.82, 2.24) is 10.5 Å². The Morgan fingerprint density at radius 2 is 1.92 bits per heavy atom. The first-order chi connectivity index (χ1) is 12.0. The lowest BCUT2D eigenvalue weighted by atomic mass is 10.1. The molecule has 130 valence electrons. The quantitative estimate of drug-likeness (QED) is 0.736. The summed E-state index contributed by atoms with van der Waals surface area (Å²) >= 11 is 0. The number of aromatic nitrogens is 1. The van der Waals surface area contributed by atoms with Crippen molar-refractivity contribution in [2.45, 2.75) is 26.0 Å². The molecule has 0 spiro atoms. The second-order valence-electron chi connectivity index (χ2n) is 5.51. The highest BCUT2D eigenvalue weighted by Crippen LogP contribution is 2.26. The molecule has 0 aliphatic rings. The second-order valence-corrected chi connectivity index (χ2v) is 5.51. The van der Waals surface area contributed by atoms with Gasteiger partial charge in [0, 0.05) is 10.9 Å². The van der Waals surface area contributed by atoms with Crippen LogP contribution in [-0.4, -0.2) is 17.7 Å². The Kier molecular flexibility index (Phi) is 4.92. The molecule has 1 aromatic heterocycles. The minimum Gasteiger partial charge on any atom is -0.434 e. The fourth-order valence-electron chi connectivity index (χ4n) is 2.63. The monoisotopic (exact) mass is 346 g/mol. The minimum absolute atomic E-state index is 0.0270. The van der Waals surface area contributed by atoms with Gasteiger partial charge in [0.25, 0.3) is 0 Å². The summed E-state index contributed by atoms with van der Waals surface area (Å²) in [5.74, 6) is -0.254. The van der Waals surface area contributed by atoms with Gasteiger partial charge >= 0.3 is 6.61 Å². The first-order valence-corrected chi connectivity index (χ1v) is 7.71. The summed E-state index contributed by atoms with van der Waals surface area (Å²) in [6, 6.07) is 13.1. The molecule has 0 saturated carbocycles. The lowest BCUT2D eigenvalue weighted by Crippen LogP contribution is -2.28. The molecule has 0 saturated heterocycles. The van der Waals surface area contributed by atoms with E-state index < -0.39 is 12.7 Å². The number of halogens is 2. The zero-order valence-corrected chi connectivity index (χ0v) is 13.4. The highest BCUT2D eigenvalue weighted by atomic mass is 19.3. The van der Waals surface area contributed by atoms with E-state index >= 15 is 0 Å². The van der Waals surface area contributed by atoms with Crippen molar-refractivity contribution in [3.05, 3.63) is 59.8 Å². The summed E-state index contributed by atoms with van der Waals surface area (Å²) in [6.45, 7) is -1.22. The standard InChI is InChI=1S/C18H16F2N2O3/c1-11(12-6-2-4-8-15(12)24-18(19)20)21-17(23)10-14-13-7-3-5-9-16(13)25-22-14/h2-9,11,18H,10H2,1H3,(H,21,23)/t11-/m0/s1. The van der Waals surface area contributed by atoms with Gasteiger partial charge in [-0.05, 0) is 25.1 Å². The highest BCUT2D eigenvalue weighted by molar-refractivity contribution is 5.86. The molecular formula is C18H16F2N2O3. The van der Waals surface area contributed by atoms with Crippen LogP contribution in [0.25, 0.3) is 11.0 Å². The van der Waals surface area contributed by atoms with Crippen LogP contribution in [0, 0.1) is 0 Å². The van der Waals surface area contributed by atoms with Crippen molar-refractivity contribution < 1.29 is 22.8 Å². The number of para-hydroxylation sites is 2. The molecule has 0 aliphatic heterocycles. The van der Waals surface area contributed by atoms with E-state index in [-0.39, 0.29) is 18.1 Å². The molecule has 5 nitrogen and oxygen atoms in total. The van der Waals surface area contributed by atoms with Crippen molar-refractivity contribution in [2.24, 2.45) is 0 Å². The summed E-state index contributed by atoms with van der Waals surface area (Å²) in [5, 5.41) is 7.45. The maximum absolute atomic E-state index is 12.5. The highest BCUT2D eigenvalue weighted by Gasteiger charge is 2.18. The van der Waals surface area contributed by atoms with Crippen LogP contribution in [0.15, 0.2) is 53.1 Å². The minimum atomic E-state index is -2.93. The Labute approximate surface area is 142 Å². The van der Waals surface area contributed by atoms with Crippen LogP contribution in [0.3, 0.4) is 0 Å². The molecule has 0 unspecified atom stereocenters. The third kappa shape index (κ3) is 3.93. The average Bonchev–Trinajstić information content (AvgIpc) is 2.98. The number of rotatable bonds is 6. The first kappa shape index (κ1) is 16.9. The van der Waals surface area contributed by atoms with Crippen LogP contribution in [0.2, 0.25) is 0 Å². The molecule has 0 bridgehead atoms. The molecular weight excluding hydrogens is 330 g/mol. The first-order valence-electron chi connectivity index (χ1n) is 7.71. The second kappa shape index (κ2) is 7.29. The van der Waals surface area contributed by atoms with Gasteiger partial charge in [-0.15, -0.1) is 0 Å². The van der Waals surface area contributed by atoms with Gasteiger partial charge in [-0.25, -0.2) is 0 Å². The number of hydrogen-bond acceptors (Lipinski definition) is 4. The lowest BCUT2D eigenvalue weighted by Gasteiger charge is -2.17. The number of amides is 1. The summed E-state index contributed by atoms with van der Waals surface area (Å²) < 4.78 is 34.7. The van der Waals surface area contributed by atoms with E-state index in [1.165, 1.54) is 6.07 Å². The van der Waals surface area contributed by atoms with E-state index in [0.29, 0.717) is 16.8 Å². The third-order valence-electron chi connectivity index (χ3n) is 3.76. The molecule has 1 atom stereocenters. The van der Waals surface area contributed by atoms with E-state index in [2.05, 4.69) is 15.2 Å². The number of ether oxygens (including phenoxy) is 1. The Morgan fingerprint density at radius 1 is 1.20 bits per heavy atom. The lowest BCUT2D eigenvalue weighted by molar-refractivity contribution is -0.121. The summed E-state index contributed by atoms with van der Waals surface area (Å²) in [5.41, 5.74) is 1.60. The predicted octanol–water partition coefficient (Wildman–Crippen LogP) is 3.85. The third-order valence-corrected chi connectivity index (χ3v) is 3.76. The van der Waals surface area contributed by atoms with Crippen LogP contribution in [0.4, 0.5) is 8.78 Å². The van der Waals surface area contributed by atoms with Gasteiger partial charge in [-0.1, -0.05) is 35.5 Å². The molecule has 3 rings (SSSR count). The van der Waals surface area contributed by atoms with Crippen LogP contribution in [-0.2, 0) is 11.2 Å². The fraction of sp³-hybridized carbons (Fsp3) is 0.222. The molecule has 1 amide bonds.